The van der Waals surface area contributed by atoms with Crippen molar-refractivity contribution in [2.75, 3.05) is 18.5 Å². The molecular formula is C23H18F3N3O4S. The number of hydrogen-bond donors (Lipinski definition) is 2. The molecule has 0 spiro atoms. The molecule has 0 fully saturated rings. The van der Waals surface area contributed by atoms with Gasteiger partial charge in [-0.25, -0.2) is 0 Å². The van der Waals surface area contributed by atoms with Gasteiger partial charge < -0.3 is 15.4 Å². The molecule has 3 aromatic carbocycles. The maximum atomic E-state index is 12.7. The third-order valence-electron chi connectivity index (χ3n) is 4.86. The molecule has 0 aromatic heterocycles. The molecule has 0 unspecified atom stereocenters. The first-order chi connectivity index (χ1) is 16.1. The van der Waals surface area contributed by atoms with Crippen LogP contribution < -0.4 is 15.4 Å². The summed E-state index contributed by atoms with van der Waals surface area (Å²) in [6, 6.07) is 17.2. The fourth-order valence-corrected chi connectivity index (χ4v) is 4.41. The quantitative estimate of drug-likeness (QED) is 0.509. The zero-order valence-electron chi connectivity index (χ0n) is 17.5. The van der Waals surface area contributed by atoms with E-state index in [1.54, 1.807) is 42.5 Å². The number of anilines is 1. The highest BCUT2D eigenvalue weighted by Gasteiger charge is 2.30. The zero-order valence-corrected chi connectivity index (χ0v) is 18.3. The van der Waals surface area contributed by atoms with Crippen LogP contribution in [0.15, 0.2) is 82.1 Å². The van der Waals surface area contributed by atoms with Crippen molar-refractivity contribution >= 4 is 27.5 Å². The summed E-state index contributed by atoms with van der Waals surface area (Å²) < 4.78 is 71.5. The summed E-state index contributed by atoms with van der Waals surface area (Å²) >= 11 is 0. The van der Waals surface area contributed by atoms with E-state index < -0.39 is 27.7 Å². The Labute approximate surface area is 193 Å². The Kier molecular flexibility index (Phi) is 6.29. The standard InChI is InChI=1S/C23H18F3N3O4S/c24-23(25,26)16-4-3-5-18(14-16)33-13-12-27-22(30)15-8-10-17(11-9-15)28-21-19-6-1-2-7-20(19)34(31,32)29-21/h1-11,14H,12-13H2,(H,27,30)(H,28,29). The molecular weight excluding hydrogens is 471 g/mol. The van der Waals surface area contributed by atoms with E-state index in [9.17, 15) is 26.4 Å². The number of sulfonamides is 1. The molecule has 0 bridgehead atoms. The summed E-state index contributed by atoms with van der Waals surface area (Å²) in [4.78, 5) is 12.4. The summed E-state index contributed by atoms with van der Waals surface area (Å²) in [5.74, 6) is -0.150. The number of rotatable bonds is 6. The summed E-state index contributed by atoms with van der Waals surface area (Å²) in [5, 5.41) is 5.56. The molecule has 1 aliphatic heterocycles. The predicted octanol–water partition coefficient (Wildman–Crippen LogP) is 4.08. The van der Waals surface area contributed by atoms with Gasteiger partial charge in [-0.05, 0) is 54.6 Å². The molecule has 3 aromatic rings. The van der Waals surface area contributed by atoms with E-state index in [1.165, 1.54) is 18.2 Å². The highest BCUT2D eigenvalue weighted by Crippen LogP contribution is 2.31. The lowest BCUT2D eigenvalue weighted by Crippen LogP contribution is -2.28. The van der Waals surface area contributed by atoms with E-state index in [1.807, 2.05) is 0 Å². The fourth-order valence-electron chi connectivity index (χ4n) is 3.24. The Bertz CT molecular complexity index is 1350. The van der Waals surface area contributed by atoms with Crippen molar-refractivity contribution in [2.45, 2.75) is 11.1 Å². The Morgan fingerprint density at radius 3 is 2.44 bits per heavy atom. The molecule has 1 amide bonds. The second-order valence-corrected chi connectivity index (χ2v) is 8.82. The smallest absolute Gasteiger partial charge is 0.416 e. The van der Waals surface area contributed by atoms with Gasteiger partial charge in [0, 0.05) is 16.8 Å². The van der Waals surface area contributed by atoms with Crippen molar-refractivity contribution in [3.8, 4) is 5.75 Å². The van der Waals surface area contributed by atoms with Gasteiger partial charge in [-0.15, -0.1) is 4.40 Å². The van der Waals surface area contributed by atoms with Crippen LogP contribution in [0.2, 0.25) is 0 Å². The van der Waals surface area contributed by atoms with Gasteiger partial charge in [-0.3, -0.25) is 4.79 Å². The minimum absolute atomic E-state index is 0.0135. The lowest BCUT2D eigenvalue weighted by atomic mass is 10.1. The molecule has 0 aliphatic carbocycles. The molecule has 4 rings (SSSR count). The number of hydrogen-bond acceptors (Lipinski definition) is 5. The third-order valence-corrected chi connectivity index (χ3v) is 6.19. The Balaban J connectivity index is 1.30. The maximum absolute atomic E-state index is 12.7. The van der Waals surface area contributed by atoms with Gasteiger partial charge in [0.25, 0.3) is 15.9 Å². The van der Waals surface area contributed by atoms with E-state index in [0.29, 0.717) is 16.8 Å². The number of nitrogens with one attached hydrogen (secondary N) is 2. The first-order valence-corrected chi connectivity index (χ1v) is 11.5. The molecule has 7 nitrogen and oxygen atoms in total. The lowest BCUT2D eigenvalue weighted by Gasteiger charge is -2.11. The summed E-state index contributed by atoms with van der Waals surface area (Å²) in [5.41, 5.74) is 0.526. The molecule has 1 heterocycles. The molecule has 11 heteroatoms. The van der Waals surface area contributed by atoms with Gasteiger partial charge in [0.2, 0.25) is 0 Å². The van der Waals surface area contributed by atoms with Crippen LogP contribution in [-0.4, -0.2) is 33.3 Å². The SMILES string of the molecule is O=C(NCCOc1cccc(C(F)(F)F)c1)c1ccc(NC2=NS(=O)(=O)c3ccccc32)cc1. The molecule has 2 N–H and O–H groups in total. The minimum atomic E-state index is -4.46. The first-order valence-electron chi connectivity index (χ1n) is 10.0. The van der Waals surface area contributed by atoms with Crippen LogP contribution in [0.25, 0.3) is 0 Å². The molecule has 0 atom stereocenters. The number of fused-ring (bicyclic) bond motifs is 1. The zero-order chi connectivity index (χ0) is 24.3. The normalized spacial score (nSPS) is 14.1. The third kappa shape index (κ3) is 5.20. The average molecular weight is 489 g/mol. The van der Waals surface area contributed by atoms with Gasteiger partial charge >= 0.3 is 6.18 Å². The molecule has 0 saturated carbocycles. The average Bonchev–Trinajstić information content (AvgIpc) is 3.06. The number of benzene rings is 3. The number of carbonyl (C=O) groups excluding carboxylic acids is 1. The van der Waals surface area contributed by atoms with Crippen molar-refractivity contribution in [1.82, 2.24) is 5.32 Å². The van der Waals surface area contributed by atoms with Crippen LogP contribution >= 0.6 is 0 Å². The van der Waals surface area contributed by atoms with Crippen molar-refractivity contribution in [1.29, 1.82) is 0 Å². The lowest BCUT2D eigenvalue weighted by molar-refractivity contribution is -0.137. The fraction of sp³-hybridized carbons (Fsp3) is 0.130. The van der Waals surface area contributed by atoms with E-state index in [2.05, 4.69) is 15.0 Å². The van der Waals surface area contributed by atoms with E-state index in [-0.39, 0.29) is 29.6 Å². The number of alkyl halides is 3. The van der Waals surface area contributed by atoms with Crippen LogP contribution in [0.4, 0.5) is 18.9 Å². The van der Waals surface area contributed by atoms with Crippen molar-refractivity contribution in [3.63, 3.8) is 0 Å². The Morgan fingerprint density at radius 2 is 1.71 bits per heavy atom. The monoisotopic (exact) mass is 489 g/mol. The van der Waals surface area contributed by atoms with E-state index in [0.717, 1.165) is 12.1 Å². The number of nitrogens with zero attached hydrogens (tertiary/aromatic N) is 1. The maximum Gasteiger partial charge on any atom is 0.416 e. The summed E-state index contributed by atoms with van der Waals surface area (Å²) in [6.07, 6.45) is -4.46. The van der Waals surface area contributed by atoms with Crippen LogP contribution in [0.1, 0.15) is 21.5 Å². The molecule has 34 heavy (non-hydrogen) atoms. The molecule has 176 valence electrons. The Hall–Kier alpha value is -3.86. The second-order valence-electron chi connectivity index (χ2n) is 7.24. The van der Waals surface area contributed by atoms with Gasteiger partial charge in [-0.1, -0.05) is 18.2 Å². The van der Waals surface area contributed by atoms with Gasteiger partial charge in [0.1, 0.15) is 17.3 Å². The van der Waals surface area contributed by atoms with Gasteiger partial charge in [0.05, 0.1) is 12.1 Å². The topological polar surface area (TPSA) is 96.9 Å². The van der Waals surface area contributed by atoms with Crippen molar-refractivity contribution < 1.29 is 31.1 Å². The molecule has 1 aliphatic rings. The number of halogens is 3. The summed E-state index contributed by atoms with van der Waals surface area (Å²) in [6.45, 7) is 0.0704. The highest BCUT2D eigenvalue weighted by molar-refractivity contribution is 7.90. The molecule has 0 saturated heterocycles. The molecule has 0 radical (unpaired) electrons. The highest BCUT2D eigenvalue weighted by atomic mass is 32.2. The van der Waals surface area contributed by atoms with Gasteiger partial charge in [-0.2, -0.15) is 21.6 Å². The summed E-state index contributed by atoms with van der Waals surface area (Å²) in [7, 11) is -3.75. The predicted molar refractivity (Wildman–Crippen MR) is 120 cm³/mol. The number of ether oxygens (including phenoxy) is 1. The van der Waals surface area contributed by atoms with E-state index in [4.69, 9.17) is 4.74 Å². The van der Waals surface area contributed by atoms with Crippen LogP contribution in [0, 0.1) is 0 Å². The van der Waals surface area contributed by atoms with Crippen LogP contribution in [-0.2, 0) is 16.2 Å². The first kappa shape index (κ1) is 23.3. The number of amides is 1. The van der Waals surface area contributed by atoms with Crippen molar-refractivity contribution in [3.05, 3.63) is 89.5 Å². The minimum Gasteiger partial charge on any atom is -0.492 e. The van der Waals surface area contributed by atoms with Gasteiger partial charge in [0.15, 0.2) is 5.84 Å². The number of carbonyl (C=O) groups is 1. The largest absolute Gasteiger partial charge is 0.492 e. The Morgan fingerprint density at radius 1 is 0.971 bits per heavy atom. The van der Waals surface area contributed by atoms with Crippen LogP contribution in [0.5, 0.6) is 5.75 Å². The van der Waals surface area contributed by atoms with E-state index >= 15 is 0 Å². The number of amidine groups is 1. The van der Waals surface area contributed by atoms with Crippen LogP contribution in [0.3, 0.4) is 0 Å². The second kappa shape index (κ2) is 9.18. The van der Waals surface area contributed by atoms with Crippen molar-refractivity contribution in [2.24, 2.45) is 4.40 Å².